The molecule has 0 radical (unpaired) electrons. The first kappa shape index (κ1) is 25.4. The van der Waals surface area contributed by atoms with Crippen molar-refractivity contribution in [2.24, 2.45) is 0 Å². The van der Waals surface area contributed by atoms with Gasteiger partial charge in [-0.25, -0.2) is 4.98 Å². The Morgan fingerprint density at radius 3 is 2.63 bits per heavy atom. The Morgan fingerprint density at radius 2 is 1.89 bits per heavy atom. The van der Waals surface area contributed by atoms with Crippen molar-refractivity contribution >= 4 is 22.9 Å². The first-order valence-electron chi connectivity index (χ1n) is 12.1. The molecule has 1 amide bonds. The minimum absolute atomic E-state index is 0.342. The van der Waals surface area contributed by atoms with E-state index in [9.17, 15) is 18.0 Å². The Kier molecular flexibility index (Phi) is 8.23. The summed E-state index contributed by atoms with van der Waals surface area (Å²) in [5.74, 6) is 0.00490. The molecule has 1 saturated heterocycles. The Bertz CT molecular complexity index is 1140. The number of benzene rings is 2. The summed E-state index contributed by atoms with van der Waals surface area (Å²) in [6, 6.07) is 12.0. The lowest BCUT2D eigenvalue weighted by Crippen LogP contribution is -2.33. The average molecular weight is 502 g/mol. The fourth-order valence-corrected chi connectivity index (χ4v) is 5.43. The molecule has 35 heavy (non-hydrogen) atoms. The number of hydrogen-bond acceptors (Lipinski definition) is 4. The second-order valence-electron chi connectivity index (χ2n) is 8.97. The molecule has 0 aliphatic carbocycles. The number of alkyl halides is 3. The summed E-state index contributed by atoms with van der Waals surface area (Å²) in [5.41, 5.74) is 0.982. The molecule has 3 aromatic rings. The molecule has 1 N–H and O–H groups in total. The maximum atomic E-state index is 13.2. The van der Waals surface area contributed by atoms with Crippen LogP contribution in [0.1, 0.15) is 66.0 Å². The molecule has 0 saturated carbocycles. The van der Waals surface area contributed by atoms with Crippen molar-refractivity contribution in [3.8, 4) is 11.1 Å². The third-order valence-electron chi connectivity index (χ3n) is 6.45. The van der Waals surface area contributed by atoms with E-state index in [4.69, 9.17) is 0 Å². The predicted molar refractivity (Wildman–Crippen MR) is 135 cm³/mol. The van der Waals surface area contributed by atoms with E-state index in [-0.39, 0.29) is 5.91 Å². The van der Waals surface area contributed by atoms with Gasteiger partial charge in [0.25, 0.3) is 5.91 Å². The number of carbonyl (C=O) groups is 1. The number of hydrogen-bond donors (Lipinski definition) is 1. The molecule has 0 unspecified atom stereocenters. The van der Waals surface area contributed by atoms with Crippen molar-refractivity contribution in [1.29, 1.82) is 0 Å². The van der Waals surface area contributed by atoms with E-state index in [0.717, 1.165) is 49.6 Å². The molecule has 0 atom stereocenters. The van der Waals surface area contributed by atoms with Gasteiger partial charge in [0.1, 0.15) is 5.69 Å². The van der Waals surface area contributed by atoms with Gasteiger partial charge in [-0.2, -0.15) is 13.2 Å². The number of amides is 1. The molecular formula is C27H30F3N3OS. The van der Waals surface area contributed by atoms with Gasteiger partial charge in [0.05, 0.1) is 10.6 Å². The number of para-hydroxylation sites is 1. The number of halogens is 3. The number of piperidine rings is 1. The standard InChI is InChI=1S/C27H30F3N3OS/c1-2-3-6-14-33-15-12-19(13-16-33)26-32-24(18-35-26)25(34)31-23-11-5-4-10-22(23)20-8-7-9-21(17-20)27(28,29)30/h4-5,7-11,17-19H,2-3,6,12-16H2,1H3,(H,31,34). The number of unbranched alkanes of at least 4 members (excludes halogenated alkanes) is 2. The lowest BCUT2D eigenvalue weighted by molar-refractivity contribution is -0.137. The Labute approximate surface area is 208 Å². The Morgan fingerprint density at radius 1 is 1.11 bits per heavy atom. The summed E-state index contributed by atoms with van der Waals surface area (Å²) in [6.07, 6.45) is 1.38. The van der Waals surface area contributed by atoms with Gasteiger partial charge in [0.2, 0.25) is 0 Å². The molecule has 2 heterocycles. The molecular weight excluding hydrogens is 471 g/mol. The van der Waals surface area contributed by atoms with Gasteiger partial charge >= 0.3 is 6.18 Å². The van der Waals surface area contributed by atoms with Crippen molar-refractivity contribution in [2.45, 2.75) is 51.1 Å². The maximum absolute atomic E-state index is 13.2. The van der Waals surface area contributed by atoms with E-state index in [0.29, 0.717) is 28.4 Å². The lowest BCUT2D eigenvalue weighted by atomic mass is 9.97. The Balaban J connectivity index is 1.42. The molecule has 0 spiro atoms. The van der Waals surface area contributed by atoms with E-state index < -0.39 is 11.7 Å². The third kappa shape index (κ3) is 6.49. The van der Waals surface area contributed by atoms with Crippen LogP contribution in [0.2, 0.25) is 0 Å². The van der Waals surface area contributed by atoms with Gasteiger partial charge in [0.15, 0.2) is 0 Å². The van der Waals surface area contributed by atoms with Crippen LogP contribution in [0, 0.1) is 0 Å². The van der Waals surface area contributed by atoms with Gasteiger partial charge < -0.3 is 10.2 Å². The first-order chi connectivity index (χ1) is 16.8. The highest BCUT2D eigenvalue weighted by Gasteiger charge is 2.30. The Hall–Kier alpha value is -2.71. The largest absolute Gasteiger partial charge is 0.416 e. The summed E-state index contributed by atoms with van der Waals surface area (Å²) in [7, 11) is 0. The summed E-state index contributed by atoms with van der Waals surface area (Å²) >= 11 is 1.51. The van der Waals surface area contributed by atoms with Crippen LogP contribution in [0.3, 0.4) is 0 Å². The van der Waals surface area contributed by atoms with Crippen molar-refractivity contribution in [3.63, 3.8) is 0 Å². The van der Waals surface area contributed by atoms with Crippen molar-refractivity contribution in [3.05, 3.63) is 70.2 Å². The van der Waals surface area contributed by atoms with Crippen LogP contribution in [0.25, 0.3) is 11.1 Å². The van der Waals surface area contributed by atoms with Gasteiger partial charge in [-0.1, -0.05) is 50.1 Å². The van der Waals surface area contributed by atoms with Crippen LogP contribution in [0.4, 0.5) is 18.9 Å². The van der Waals surface area contributed by atoms with Crippen molar-refractivity contribution in [1.82, 2.24) is 9.88 Å². The highest BCUT2D eigenvalue weighted by atomic mass is 32.1. The molecule has 1 aliphatic heterocycles. The molecule has 186 valence electrons. The summed E-state index contributed by atoms with van der Waals surface area (Å²) in [4.78, 5) is 20.1. The van der Waals surface area contributed by atoms with Crippen molar-refractivity contribution < 1.29 is 18.0 Å². The molecule has 1 fully saturated rings. The van der Waals surface area contributed by atoms with Gasteiger partial charge in [-0.3, -0.25) is 4.79 Å². The normalized spacial score (nSPS) is 15.3. The van der Waals surface area contributed by atoms with E-state index >= 15 is 0 Å². The summed E-state index contributed by atoms with van der Waals surface area (Å²) in [5, 5.41) is 5.60. The number of anilines is 1. The molecule has 4 rings (SSSR count). The second-order valence-corrected chi connectivity index (χ2v) is 9.86. The third-order valence-corrected chi connectivity index (χ3v) is 7.45. The van der Waals surface area contributed by atoms with Crippen molar-refractivity contribution in [2.75, 3.05) is 25.0 Å². The second kappa shape index (κ2) is 11.4. The zero-order valence-corrected chi connectivity index (χ0v) is 20.6. The number of carbonyl (C=O) groups excluding carboxylic acids is 1. The fourth-order valence-electron chi connectivity index (χ4n) is 4.46. The SMILES string of the molecule is CCCCCN1CCC(c2nc(C(=O)Nc3ccccc3-c3cccc(C(F)(F)F)c3)cs2)CC1. The van der Waals surface area contributed by atoms with Crippen LogP contribution in [0.15, 0.2) is 53.9 Å². The summed E-state index contributed by atoms with van der Waals surface area (Å²) < 4.78 is 39.5. The lowest BCUT2D eigenvalue weighted by Gasteiger charge is -2.30. The van der Waals surface area contributed by atoms with Crippen LogP contribution in [-0.2, 0) is 6.18 Å². The molecule has 8 heteroatoms. The van der Waals surface area contributed by atoms with Gasteiger partial charge in [-0.05, 0) is 62.7 Å². The minimum atomic E-state index is -4.43. The highest BCUT2D eigenvalue weighted by molar-refractivity contribution is 7.10. The predicted octanol–water partition coefficient (Wildman–Crippen LogP) is 7.45. The van der Waals surface area contributed by atoms with Gasteiger partial charge in [0, 0.05) is 22.5 Å². The van der Waals surface area contributed by atoms with Crippen LogP contribution >= 0.6 is 11.3 Å². The monoisotopic (exact) mass is 501 g/mol. The van der Waals surface area contributed by atoms with Crippen LogP contribution < -0.4 is 5.32 Å². The zero-order valence-electron chi connectivity index (χ0n) is 19.8. The number of rotatable bonds is 8. The zero-order chi connectivity index (χ0) is 24.8. The molecule has 1 aromatic heterocycles. The topological polar surface area (TPSA) is 45.2 Å². The average Bonchev–Trinajstić information content (AvgIpc) is 3.35. The van der Waals surface area contributed by atoms with Crippen LogP contribution in [-0.4, -0.2) is 35.4 Å². The van der Waals surface area contributed by atoms with Crippen LogP contribution in [0.5, 0.6) is 0 Å². The van der Waals surface area contributed by atoms with E-state index in [1.165, 1.54) is 36.7 Å². The van der Waals surface area contributed by atoms with E-state index in [2.05, 4.69) is 22.1 Å². The minimum Gasteiger partial charge on any atom is -0.320 e. The quantitative estimate of drug-likeness (QED) is 0.326. The van der Waals surface area contributed by atoms with Gasteiger partial charge in [-0.15, -0.1) is 11.3 Å². The molecule has 2 aromatic carbocycles. The molecule has 0 bridgehead atoms. The molecule has 4 nitrogen and oxygen atoms in total. The highest BCUT2D eigenvalue weighted by Crippen LogP contribution is 2.35. The van der Waals surface area contributed by atoms with E-state index in [1.807, 2.05) is 0 Å². The smallest absolute Gasteiger partial charge is 0.320 e. The number of thiazole rings is 1. The first-order valence-corrected chi connectivity index (χ1v) is 13.0. The van der Waals surface area contributed by atoms with E-state index in [1.54, 1.807) is 35.7 Å². The number of aromatic nitrogens is 1. The number of nitrogens with one attached hydrogen (secondary N) is 1. The summed E-state index contributed by atoms with van der Waals surface area (Å²) in [6.45, 7) is 5.48. The number of likely N-dealkylation sites (tertiary alicyclic amines) is 1. The fraction of sp³-hybridized carbons (Fsp3) is 0.407. The maximum Gasteiger partial charge on any atom is 0.416 e. The molecule has 1 aliphatic rings. The number of nitrogens with zero attached hydrogens (tertiary/aromatic N) is 2.